The molecule has 1 aliphatic heterocycles. The molecule has 1 heterocycles. The van der Waals surface area contributed by atoms with Crippen LogP contribution in [-0.2, 0) is 14.8 Å². The van der Waals surface area contributed by atoms with Crippen LogP contribution in [0.2, 0.25) is 5.02 Å². The van der Waals surface area contributed by atoms with Crippen LogP contribution in [-0.4, -0.2) is 21.6 Å². The summed E-state index contributed by atoms with van der Waals surface area (Å²) in [6.45, 7) is 2.85. The Labute approximate surface area is 147 Å². The van der Waals surface area contributed by atoms with Crippen molar-refractivity contribution in [3.8, 4) is 0 Å². The number of benzene rings is 2. The van der Waals surface area contributed by atoms with Gasteiger partial charge in [0.25, 0.3) is 0 Å². The van der Waals surface area contributed by atoms with E-state index in [0.29, 0.717) is 18.2 Å². The Hall–Kier alpha value is -1.40. The zero-order chi connectivity index (χ0) is 17.2. The van der Waals surface area contributed by atoms with E-state index in [1.165, 1.54) is 0 Å². The lowest BCUT2D eigenvalue weighted by molar-refractivity contribution is 0.0918. The first kappa shape index (κ1) is 17.4. The summed E-state index contributed by atoms with van der Waals surface area (Å²) in [6.07, 6.45) is 0.617. The average Bonchev–Trinajstić information content (AvgIpc) is 3.02. The monoisotopic (exact) mass is 365 g/mol. The van der Waals surface area contributed by atoms with Crippen LogP contribution < -0.4 is 4.72 Å². The molecular formula is C18H20ClNO3S. The lowest BCUT2D eigenvalue weighted by Gasteiger charge is -2.20. The first-order chi connectivity index (χ1) is 11.5. The van der Waals surface area contributed by atoms with E-state index < -0.39 is 10.0 Å². The second kappa shape index (κ2) is 7.23. The molecule has 0 spiro atoms. The second-order valence-electron chi connectivity index (χ2n) is 6.03. The van der Waals surface area contributed by atoms with Crippen molar-refractivity contribution in [1.29, 1.82) is 0 Å². The number of hydrogen-bond donors (Lipinski definition) is 1. The summed E-state index contributed by atoms with van der Waals surface area (Å²) in [6, 6.07) is 14.4. The predicted molar refractivity (Wildman–Crippen MR) is 94.6 cm³/mol. The standard InChI is InChI=1S/C18H20ClNO3S/c1-13-6-8-15(9-7-13)24(21,22)20-12-14-10-11-23-18(14)16-4-2-3-5-17(16)19/h2-9,14,18,20H,10-12H2,1H3/t14-,18-/m0/s1. The van der Waals surface area contributed by atoms with Crippen LogP contribution in [0.1, 0.15) is 23.7 Å². The minimum atomic E-state index is -3.52. The zero-order valence-corrected chi connectivity index (χ0v) is 15.0. The lowest BCUT2D eigenvalue weighted by atomic mass is 9.95. The van der Waals surface area contributed by atoms with Crippen molar-refractivity contribution >= 4 is 21.6 Å². The largest absolute Gasteiger partial charge is 0.373 e. The first-order valence-electron chi connectivity index (χ1n) is 7.90. The molecular weight excluding hydrogens is 346 g/mol. The van der Waals surface area contributed by atoms with Gasteiger partial charge in [-0.05, 0) is 37.1 Å². The maximum Gasteiger partial charge on any atom is 0.240 e. The number of ether oxygens (including phenoxy) is 1. The van der Waals surface area contributed by atoms with Crippen molar-refractivity contribution in [1.82, 2.24) is 4.72 Å². The van der Waals surface area contributed by atoms with Gasteiger partial charge in [0.2, 0.25) is 10.0 Å². The van der Waals surface area contributed by atoms with Gasteiger partial charge in [-0.1, -0.05) is 47.5 Å². The molecule has 0 aromatic heterocycles. The fourth-order valence-corrected chi connectivity index (χ4v) is 4.25. The van der Waals surface area contributed by atoms with E-state index in [4.69, 9.17) is 16.3 Å². The molecule has 0 amide bonds. The predicted octanol–water partition coefficient (Wildman–Crippen LogP) is 3.70. The van der Waals surface area contributed by atoms with Crippen molar-refractivity contribution in [2.45, 2.75) is 24.3 Å². The quantitative estimate of drug-likeness (QED) is 0.878. The third-order valence-electron chi connectivity index (χ3n) is 4.29. The molecule has 3 rings (SSSR count). The number of sulfonamides is 1. The van der Waals surface area contributed by atoms with E-state index in [1.807, 2.05) is 31.2 Å². The van der Waals surface area contributed by atoms with E-state index in [9.17, 15) is 8.42 Å². The topological polar surface area (TPSA) is 55.4 Å². The Morgan fingerprint density at radius 3 is 2.58 bits per heavy atom. The Kier molecular flexibility index (Phi) is 5.25. The highest BCUT2D eigenvalue weighted by Gasteiger charge is 2.32. The summed E-state index contributed by atoms with van der Waals surface area (Å²) in [5, 5.41) is 0.649. The Balaban J connectivity index is 1.71. The van der Waals surface area contributed by atoms with Gasteiger partial charge in [0, 0.05) is 24.1 Å². The molecule has 128 valence electrons. The van der Waals surface area contributed by atoms with Gasteiger partial charge in [0.15, 0.2) is 0 Å². The van der Waals surface area contributed by atoms with Crippen LogP contribution in [0.15, 0.2) is 53.4 Å². The molecule has 1 saturated heterocycles. The molecule has 2 aromatic rings. The Morgan fingerprint density at radius 2 is 1.88 bits per heavy atom. The summed E-state index contributed by atoms with van der Waals surface area (Å²) in [5.74, 6) is 0.0603. The molecule has 2 aromatic carbocycles. The van der Waals surface area contributed by atoms with Crippen LogP contribution in [0.25, 0.3) is 0 Å². The van der Waals surface area contributed by atoms with Gasteiger partial charge in [-0.15, -0.1) is 0 Å². The van der Waals surface area contributed by atoms with Crippen molar-refractivity contribution in [2.24, 2.45) is 5.92 Å². The van der Waals surface area contributed by atoms with Gasteiger partial charge in [-0.2, -0.15) is 0 Å². The molecule has 24 heavy (non-hydrogen) atoms. The normalized spacial score (nSPS) is 21.1. The fourth-order valence-electron chi connectivity index (χ4n) is 2.91. The maximum absolute atomic E-state index is 12.4. The SMILES string of the molecule is Cc1ccc(S(=O)(=O)NC[C@@H]2CCO[C@@H]2c2ccccc2Cl)cc1. The third-order valence-corrected chi connectivity index (χ3v) is 6.08. The molecule has 6 heteroatoms. The minimum absolute atomic E-state index is 0.0603. The van der Waals surface area contributed by atoms with Crippen LogP contribution in [0.5, 0.6) is 0 Å². The van der Waals surface area contributed by atoms with E-state index in [1.54, 1.807) is 24.3 Å². The molecule has 1 N–H and O–H groups in total. The maximum atomic E-state index is 12.4. The second-order valence-corrected chi connectivity index (χ2v) is 8.20. The van der Waals surface area contributed by atoms with Gasteiger partial charge in [0.05, 0.1) is 11.0 Å². The highest BCUT2D eigenvalue weighted by molar-refractivity contribution is 7.89. The number of hydrogen-bond acceptors (Lipinski definition) is 3. The van der Waals surface area contributed by atoms with E-state index in [-0.39, 0.29) is 16.9 Å². The summed E-state index contributed by atoms with van der Waals surface area (Å²) in [5.41, 5.74) is 1.94. The van der Waals surface area contributed by atoms with Gasteiger partial charge in [-0.3, -0.25) is 0 Å². The molecule has 2 atom stereocenters. The number of rotatable bonds is 5. The zero-order valence-electron chi connectivity index (χ0n) is 13.4. The fraction of sp³-hybridized carbons (Fsp3) is 0.333. The van der Waals surface area contributed by atoms with Crippen molar-refractivity contribution in [2.75, 3.05) is 13.2 Å². The summed E-state index contributed by atoms with van der Waals surface area (Å²) < 4.78 is 33.4. The van der Waals surface area contributed by atoms with Gasteiger partial charge < -0.3 is 4.74 Å². The third kappa shape index (κ3) is 3.81. The molecule has 4 nitrogen and oxygen atoms in total. The van der Waals surface area contributed by atoms with E-state index >= 15 is 0 Å². The summed E-state index contributed by atoms with van der Waals surface area (Å²) >= 11 is 6.25. The van der Waals surface area contributed by atoms with Crippen LogP contribution in [0.3, 0.4) is 0 Å². The number of aryl methyl sites for hydroxylation is 1. The molecule has 0 aliphatic carbocycles. The minimum Gasteiger partial charge on any atom is -0.373 e. The van der Waals surface area contributed by atoms with Crippen LogP contribution >= 0.6 is 11.6 Å². The van der Waals surface area contributed by atoms with Gasteiger partial charge in [0.1, 0.15) is 0 Å². The summed E-state index contributed by atoms with van der Waals surface area (Å²) in [7, 11) is -3.52. The molecule has 1 aliphatic rings. The molecule has 0 unspecified atom stereocenters. The smallest absolute Gasteiger partial charge is 0.240 e. The van der Waals surface area contributed by atoms with Gasteiger partial charge in [-0.25, -0.2) is 13.1 Å². The molecule has 0 saturated carbocycles. The lowest BCUT2D eigenvalue weighted by Crippen LogP contribution is -2.30. The number of halogens is 1. The van der Waals surface area contributed by atoms with Crippen molar-refractivity contribution < 1.29 is 13.2 Å². The molecule has 0 radical (unpaired) electrons. The van der Waals surface area contributed by atoms with Crippen molar-refractivity contribution in [3.63, 3.8) is 0 Å². The van der Waals surface area contributed by atoms with E-state index in [2.05, 4.69) is 4.72 Å². The highest BCUT2D eigenvalue weighted by atomic mass is 35.5. The van der Waals surface area contributed by atoms with Crippen LogP contribution in [0.4, 0.5) is 0 Å². The Morgan fingerprint density at radius 1 is 1.17 bits per heavy atom. The van der Waals surface area contributed by atoms with Crippen molar-refractivity contribution in [3.05, 3.63) is 64.7 Å². The highest BCUT2D eigenvalue weighted by Crippen LogP contribution is 2.37. The summed E-state index contributed by atoms with van der Waals surface area (Å²) in [4.78, 5) is 0.279. The molecule has 0 bridgehead atoms. The van der Waals surface area contributed by atoms with E-state index in [0.717, 1.165) is 17.5 Å². The van der Waals surface area contributed by atoms with Gasteiger partial charge >= 0.3 is 0 Å². The molecule has 1 fully saturated rings. The average molecular weight is 366 g/mol. The first-order valence-corrected chi connectivity index (χ1v) is 9.76. The van der Waals surface area contributed by atoms with Crippen LogP contribution in [0, 0.1) is 12.8 Å². The number of nitrogens with one attached hydrogen (secondary N) is 1. The Bertz CT molecular complexity index is 805.